The molecule has 0 aromatic heterocycles. The van der Waals surface area contributed by atoms with E-state index < -0.39 is 0 Å². The number of morpholine rings is 1. The van der Waals surface area contributed by atoms with Crippen LogP contribution in [0, 0.1) is 0 Å². The van der Waals surface area contributed by atoms with Crippen molar-refractivity contribution < 1.29 is 19.1 Å². The van der Waals surface area contributed by atoms with Crippen LogP contribution < -0.4 is 9.64 Å². The molecule has 0 aliphatic carbocycles. The molecule has 2 aromatic rings. The summed E-state index contributed by atoms with van der Waals surface area (Å²) in [4.78, 5) is 33.1. The highest BCUT2D eigenvalue weighted by Gasteiger charge is 2.42. The van der Waals surface area contributed by atoms with Gasteiger partial charge in [-0.05, 0) is 42.2 Å². The summed E-state index contributed by atoms with van der Waals surface area (Å²) in [7, 11) is 1.61. The standard InChI is InChI=1S/C26H29N3O4/c1-32-21-10-8-20(9-11-21)23-24(28-12-4-6-19-5-2-3-7-22(19)28)26(31)29(25(23)30)14-13-27-15-17-33-18-16-27/h2-3,5,7-11H,4,6,12-18H2,1H3. The monoisotopic (exact) mass is 447 g/mol. The third kappa shape index (κ3) is 4.14. The molecule has 0 atom stereocenters. The van der Waals surface area contributed by atoms with E-state index in [4.69, 9.17) is 9.47 Å². The van der Waals surface area contributed by atoms with Gasteiger partial charge in [-0.1, -0.05) is 30.3 Å². The number of hydrogen-bond donors (Lipinski definition) is 0. The summed E-state index contributed by atoms with van der Waals surface area (Å²) in [5.74, 6) is 0.275. The number of nitrogens with zero attached hydrogens (tertiary/aromatic N) is 3. The fraction of sp³-hybridized carbons (Fsp3) is 0.385. The summed E-state index contributed by atoms with van der Waals surface area (Å²) in [5.41, 5.74) is 3.92. The minimum Gasteiger partial charge on any atom is -0.497 e. The van der Waals surface area contributed by atoms with Crippen LogP contribution >= 0.6 is 0 Å². The number of benzene rings is 2. The van der Waals surface area contributed by atoms with Gasteiger partial charge in [0.1, 0.15) is 11.4 Å². The van der Waals surface area contributed by atoms with Gasteiger partial charge in [-0.15, -0.1) is 0 Å². The Morgan fingerprint density at radius 2 is 1.67 bits per heavy atom. The van der Waals surface area contributed by atoms with Crippen molar-refractivity contribution in [2.75, 3.05) is 57.9 Å². The molecule has 2 amide bonds. The molecule has 1 saturated heterocycles. The Morgan fingerprint density at radius 1 is 0.909 bits per heavy atom. The lowest BCUT2D eigenvalue weighted by Gasteiger charge is -2.32. The summed E-state index contributed by atoms with van der Waals surface area (Å²) in [6, 6.07) is 15.5. The predicted octanol–water partition coefficient (Wildman–Crippen LogP) is 2.56. The molecule has 172 valence electrons. The first kappa shape index (κ1) is 21.7. The number of amides is 2. The van der Waals surface area contributed by atoms with Crippen molar-refractivity contribution in [1.29, 1.82) is 0 Å². The van der Waals surface area contributed by atoms with Crippen LogP contribution in [0.1, 0.15) is 17.5 Å². The Bertz CT molecular complexity index is 1070. The fourth-order valence-electron chi connectivity index (χ4n) is 4.87. The lowest BCUT2D eigenvalue weighted by Crippen LogP contribution is -2.44. The zero-order valence-corrected chi connectivity index (χ0v) is 19.0. The molecule has 7 heteroatoms. The molecule has 5 rings (SSSR count). The van der Waals surface area contributed by atoms with Crippen molar-refractivity contribution in [3.05, 3.63) is 65.4 Å². The number of carbonyl (C=O) groups excluding carboxylic acids is 2. The van der Waals surface area contributed by atoms with Crippen LogP contribution in [0.25, 0.3) is 5.57 Å². The van der Waals surface area contributed by atoms with Crippen molar-refractivity contribution >= 4 is 23.1 Å². The first-order chi connectivity index (χ1) is 16.2. The van der Waals surface area contributed by atoms with E-state index >= 15 is 0 Å². The normalized spacial score (nSPS) is 19.3. The van der Waals surface area contributed by atoms with Crippen LogP contribution in [-0.4, -0.2) is 74.7 Å². The lowest BCUT2D eigenvalue weighted by molar-refractivity contribution is -0.137. The molecule has 1 fully saturated rings. The molecule has 0 spiro atoms. The van der Waals surface area contributed by atoms with Gasteiger partial charge in [-0.3, -0.25) is 19.4 Å². The maximum absolute atomic E-state index is 13.7. The molecule has 0 bridgehead atoms. The van der Waals surface area contributed by atoms with Crippen molar-refractivity contribution in [2.24, 2.45) is 0 Å². The van der Waals surface area contributed by atoms with Gasteiger partial charge in [0.2, 0.25) is 0 Å². The van der Waals surface area contributed by atoms with Crippen LogP contribution in [0.5, 0.6) is 5.75 Å². The highest BCUT2D eigenvalue weighted by Crippen LogP contribution is 2.38. The van der Waals surface area contributed by atoms with Gasteiger partial charge in [-0.25, -0.2) is 0 Å². The summed E-state index contributed by atoms with van der Waals surface area (Å²) < 4.78 is 10.7. The molecule has 0 radical (unpaired) electrons. The average Bonchev–Trinajstić information content (AvgIpc) is 3.12. The van der Waals surface area contributed by atoms with E-state index in [2.05, 4.69) is 11.0 Å². The second kappa shape index (κ2) is 9.37. The topological polar surface area (TPSA) is 62.3 Å². The van der Waals surface area contributed by atoms with Crippen LogP contribution in [0.2, 0.25) is 0 Å². The number of rotatable bonds is 6. The summed E-state index contributed by atoms with van der Waals surface area (Å²) in [6.07, 6.45) is 1.91. The number of imide groups is 1. The van der Waals surface area contributed by atoms with Gasteiger partial charge >= 0.3 is 0 Å². The molecule has 3 heterocycles. The minimum atomic E-state index is -0.225. The SMILES string of the molecule is COc1ccc(C2=C(N3CCCc4ccccc43)C(=O)N(CCN3CCOCC3)C2=O)cc1. The summed E-state index contributed by atoms with van der Waals surface area (Å²) in [5, 5.41) is 0. The molecule has 33 heavy (non-hydrogen) atoms. The van der Waals surface area contributed by atoms with E-state index in [9.17, 15) is 9.59 Å². The van der Waals surface area contributed by atoms with Crippen LogP contribution in [0.4, 0.5) is 5.69 Å². The fourth-order valence-corrected chi connectivity index (χ4v) is 4.87. The molecule has 3 aliphatic rings. The number of aryl methyl sites for hydroxylation is 1. The molecular formula is C26H29N3O4. The van der Waals surface area contributed by atoms with Gasteiger partial charge in [-0.2, -0.15) is 0 Å². The zero-order valence-electron chi connectivity index (χ0n) is 19.0. The third-order valence-corrected chi connectivity index (χ3v) is 6.65. The summed E-state index contributed by atoms with van der Waals surface area (Å²) in [6.45, 7) is 4.75. The van der Waals surface area contributed by atoms with Gasteiger partial charge in [0.05, 0.1) is 25.9 Å². The van der Waals surface area contributed by atoms with Gasteiger partial charge < -0.3 is 14.4 Å². The first-order valence-electron chi connectivity index (χ1n) is 11.6. The number of anilines is 1. The number of methoxy groups -OCH3 is 1. The number of ether oxygens (including phenoxy) is 2. The van der Waals surface area contributed by atoms with Crippen LogP contribution in [0.3, 0.4) is 0 Å². The largest absolute Gasteiger partial charge is 0.497 e. The van der Waals surface area contributed by atoms with Crippen LogP contribution in [0.15, 0.2) is 54.2 Å². The first-order valence-corrected chi connectivity index (χ1v) is 11.6. The van der Waals surface area contributed by atoms with E-state index in [0.29, 0.717) is 49.9 Å². The average molecular weight is 448 g/mol. The molecule has 3 aliphatic heterocycles. The van der Waals surface area contributed by atoms with Gasteiger partial charge in [0.25, 0.3) is 11.8 Å². The predicted molar refractivity (Wildman–Crippen MR) is 126 cm³/mol. The third-order valence-electron chi connectivity index (χ3n) is 6.65. The van der Waals surface area contributed by atoms with E-state index in [1.54, 1.807) is 7.11 Å². The van der Waals surface area contributed by atoms with Gasteiger partial charge in [0.15, 0.2) is 0 Å². The molecule has 0 saturated carbocycles. The molecule has 7 nitrogen and oxygen atoms in total. The second-order valence-electron chi connectivity index (χ2n) is 8.55. The van der Waals surface area contributed by atoms with Gasteiger partial charge in [0, 0.05) is 38.4 Å². The van der Waals surface area contributed by atoms with Crippen molar-refractivity contribution in [1.82, 2.24) is 9.80 Å². The zero-order chi connectivity index (χ0) is 22.8. The highest BCUT2D eigenvalue weighted by molar-refractivity contribution is 6.36. The molecule has 0 unspecified atom stereocenters. The van der Waals surface area contributed by atoms with Crippen molar-refractivity contribution in [2.45, 2.75) is 12.8 Å². The molecular weight excluding hydrogens is 418 g/mol. The lowest BCUT2D eigenvalue weighted by atomic mass is 9.98. The Morgan fingerprint density at radius 3 is 2.42 bits per heavy atom. The maximum atomic E-state index is 13.7. The Kier molecular flexibility index (Phi) is 6.15. The summed E-state index contributed by atoms with van der Waals surface area (Å²) >= 11 is 0. The highest BCUT2D eigenvalue weighted by atomic mass is 16.5. The molecule has 0 N–H and O–H groups in total. The number of fused-ring (bicyclic) bond motifs is 1. The molecule has 2 aromatic carbocycles. The van der Waals surface area contributed by atoms with E-state index in [0.717, 1.165) is 37.2 Å². The number of para-hydroxylation sites is 1. The quantitative estimate of drug-likeness (QED) is 0.635. The second-order valence-corrected chi connectivity index (χ2v) is 8.55. The van der Waals surface area contributed by atoms with Crippen molar-refractivity contribution in [3.63, 3.8) is 0 Å². The van der Waals surface area contributed by atoms with Crippen molar-refractivity contribution in [3.8, 4) is 5.75 Å². The Balaban J connectivity index is 1.51. The van der Waals surface area contributed by atoms with Crippen LogP contribution in [-0.2, 0) is 20.7 Å². The van der Waals surface area contributed by atoms with E-state index in [-0.39, 0.29) is 11.8 Å². The Labute approximate surface area is 194 Å². The number of carbonyl (C=O) groups is 2. The Hall–Kier alpha value is -3.16. The smallest absolute Gasteiger partial charge is 0.278 e. The maximum Gasteiger partial charge on any atom is 0.278 e. The minimum absolute atomic E-state index is 0.212. The van der Waals surface area contributed by atoms with E-state index in [1.807, 2.05) is 47.4 Å². The number of hydrogen-bond acceptors (Lipinski definition) is 6. The van der Waals surface area contributed by atoms with E-state index in [1.165, 1.54) is 10.5 Å².